The maximum atomic E-state index is 6.63. The molecule has 0 saturated carbocycles. The maximum Gasteiger partial charge on any atom is 0.157 e. The highest BCUT2D eigenvalue weighted by Gasteiger charge is 2.31. The van der Waals surface area contributed by atoms with Gasteiger partial charge < -0.3 is 18.9 Å². The van der Waals surface area contributed by atoms with E-state index in [-0.39, 0.29) is 5.50 Å². The highest BCUT2D eigenvalue weighted by atomic mass is 32.2. The zero-order chi connectivity index (χ0) is 35.3. The number of hydrogen-bond acceptors (Lipinski definition) is 3. The van der Waals surface area contributed by atoms with Crippen LogP contribution in [0.15, 0.2) is 185 Å². The van der Waals surface area contributed by atoms with E-state index in [0.29, 0.717) is 0 Å². The summed E-state index contributed by atoms with van der Waals surface area (Å²) in [5.41, 5.74) is 13.6. The van der Waals surface area contributed by atoms with Gasteiger partial charge in [-0.05, 0) is 65.2 Å². The molecule has 12 rings (SSSR count). The Hall–Kier alpha value is -6.69. The summed E-state index contributed by atoms with van der Waals surface area (Å²) in [7, 11) is 0. The molecule has 0 fully saturated rings. The summed E-state index contributed by atoms with van der Waals surface area (Å²) < 4.78 is 11.5. The Labute approximate surface area is 314 Å². The van der Waals surface area contributed by atoms with E-state index in [1.165, 1.54) is 65.0 Å². The monoisotopic (exact) mass is 709 g/mol. The molecule has 1 atom stereocenters. The Kier molecular flexibility index (Phi) is 6.30. The minimum absolute atomic E-state index is 0.0661. The molecule has 5 heteroatoms. The second kappa shape index (κ2) is 11.4. The smallest absolute Gasteiger partial charge is 0.157 e. The van der Waals surface area contributed by atoms with Crippen molar-refractivity contribution < 1.29 is 4.42 Å². The molecule has 1 unspecified atom stereocenters. The van der Waals surface area contributed by atoms with Crippen LogP contribution in [0.5, 0.6) is 0 Å². The number of thioether (sulfide) groups is 1. The van der Waals surface area contributed by atoms with Crippen molar-refractivity contribution >= 4 is 83.0 Å². The number of benzene rings is 8. The largest absolute Gasteiger partial charge is 0.455 e. The van der Waals surface area contributed by atoms with E-state index in [4.69, 9.17) is 4.42 Å². The highest BCUT2D eigenvalue weighted by molar-refractivity contribution is 8.00. The lowest BCUT2D eigenvalue weighted by molar-refractivity contribution is 0.669. The van der Waals surface area contributed by atoms with E-state index in [0.717, 1.165) is 39.1 Å². The number of furan rings is 1. The zero-order valence-electron chi connectivity index (χ0n) is 29.0. The molecule has 1 aliphatic heterocycles. The number of nitrogens with zero attached hydrogens (tertiary/aromatic N) is 2. The quantitative estimate of drug-likeness (QED) is 0.198. The Morgan fingerprint density at radius 3 is 2.02 bits per heavy atom. The first-order valence-corrected chi connectivity index (χ1v) is 19.3. The third kappa shape index (κ3) is 4.21. The first-order chi connectivity index (χ1) is 26.8. The predicted molar refractivity (Wildman–Crippen MR) is 227 cm³/mol. The molecule has 4 nitrogen and oxygen atoms in total. The number of nitrogens with one attached hydrogen (secondary N) is 1. The first-order valence-electron chi connectivity index (χ1n) is 18.4. The molecule has 0 amide bonds. The van der Waals surface area contributed by atoms with E-state index in [1.807, 2.05) is 11.8 Å². The van der Waals surface area contributed by atoms with E-state index in [1.54, 1.807) is 0 Å². The van der Waals surface area contributed by atoms with Crippen molar-refractivity contribution in [2.24, 2.45) is 0 Å². The van der Waals surface area contributed by atoms with Crippen LogP contribution >= 0.6 is 11.8 Å². The van der Waals surface area contributed by atoms with Crippen LogP contribution in [-0.4, -0.2) is 9.13 Å². The van der Waals surface area contributed by atoms with Gasteiger partial charge in [0.1, 0.15) is 11.2 Å². The van der Waals surface area contributed by atoms with E-state index in [9.17, 15) is 0 Å². The summed E-state index contributed by atoms with van der Waals surface area (Å²) in [4.78, 5) is 1.22. The number of para-hydroxylation sites is 4. The number of rotatable bonds is 4. The predicted octanol–water partition coefficient (Wildman–Crippen LogP) is 13.8. The summed E-state index contributed by atoms with van der Waals surface area (Å²) >= 11 is 1.87. The molecular formula is C49H31N3OS. The molecule has 3 aromatic heterocycles. The van der Waals surface area contributed by atoms with Gasteiger partial charge in [0.15, 0.2) is 5.50 Å². The highest BCUT2D eigenvalue weighted by Crippen LogP contribution is 2.54. The molecule has 54 heavy (non-hydrogen) atoms. The Bertz CT molecular complexity index is 3280. The van der Waals surface area contributed by atoms with Crippen LogP contribution in [0.1, 0.15) is 5.50 Å². The fourth-order valence-corrected chi connectivity index (χ4v) is 10.2. The lowest BCUT2D eigenvalue weighted by Crippen LogP contribution is -2.10. The number of fused-ring (bicyclic) bond motifs is 11. The molecule has 0 aliphatic carbocycles. The molecule has 0 saturated heterocycles. The summed E-state index contributed by atoms with van der Waals surface area (Å²) in [5.74, 6) is 0. The summed E-state index contributed by atoms with van der Waals surface area (Å²) in [6.45, 7) is 0. The van der Waals surface area contributed by atoms with Crippen LogP contribution in [0.4, 0.5) is 5.69 Å². The lowest BCUT2D eigenvalue weighted by atomic mass is 9.98. The van der Waals surface area contributed by atoms with Crippen molar-refractivity contribution in [1.29, 1.82) is 0 Å². The van der Waals surface area contributed by atoms with E-state index in [2.05, 4.69) is 190 Å². The summed E-state index contributed by atoms with van der Waals surface area (Å²) in [6.07, 6.45) is 0. The van der Waals surface area contributed by atoms with Crippen LogP contribution in [0, 0.1) is 0 Å². The van der Waals surface area contributed by atoms with Gasteiger partial charge >= 0.3 is 0 Å². The molecule has 254 valence electrons. The molecule has 1 aliphatic rings. The SMILES string of the molecule is c1ccc(-c2cc3c(c4c2oc2ccccc24)SC(n2c4ccccc4c4c(-c5ccc6c7ccccc7n(-c7ccccc7)c6c5)cccc42)N3)cc1. The van der Waals surface area contributed by atoms with Crippen molar-refractivity contribution in [1.82, 2.24) is 9.13 Å². The van der Waals surface area contributed by atoms with Crippen LogP contribution < -0.4 is 5.32 Å². The Morgan fingerprint density at radius 2 is 1.17 bits per heavy atom. The van der Waals surface area contributed by atoms with Crippen LogP contribution in [0.3, 0.4) is 0 Å². The Morgan fingerprint density at radius 1 is 0.481 bits per heavy atom. The van der Waals surface area contributed by atoms with Gasteiger partial charge in [-0.2, -0.15) is 0 Å². The van der Waals surface area contributed by atoms with Crippen molar-refractivity contribution in [3.05, 3.63) is 176 Å². The van der Waals surface area contributed by atoms with Gasteiger partial charge in [0, 0.05) is 48.5 Å². The van der Waals surface area contributed by atoms with E-state index < -0.39 is 0 Å². The average molecular weight is 710 g/mol. The molecule has 4 heterocycles. The number of aromatic nitrogens is 2. The lowest BCUT2D eigenvalue weighted by Gasteiger charge is -2.16. The van der Waals surface area contributed by atoms with E-state index >= 15 is 0 Å². The van der Waals surface area contributed by atoms with Crippen LogP contribution in [0.2, 0.25) is 0 Å². The Balaban J connectivity index is 1.06. The molecule has 8 aromatic carbocycles. The van der Waals surface area contributed by atoms with Crippen molar-refractivity contribution in [3.8, 4) is 27.9 Å². The minimum Gasteiger partial charge on any atom is -0.455 e. The van der Waals surface area contributed by atoms with Crippen molar-refractivity contribution in [2.45, 2.75) is 10.4 Å². The molecular weight excluding hydrogens is 679 g/mol. The topological polar surface area (TPSA) is 35.0 Å². The standard InChI is InChI=1S/C49H31N3OS/c1-3-14-30(15-4-1)38-29-39-48(46-37-20-9-12-25-44(37)53-47(38)46)54-49(50-39)52-41-23-11-8-19-36(41)45-33(21-13-24-42(45)52)31-26-27-35-34-18-7-10-22-40(34)51(43(35)28-31)32-16-5-2-6-17-32/h1-29,49-50H. The van der Waals surface area contributed by atoms with Crippen LogP contribution in [0.25, 0.3) is 93.5 Å². The molecule has 0 bridgehead atoms. The van der Waals surface area contributed by atoms with Gasteiger partial charge in [-0.3, -0.25) is 0 Å². The molecule has 11 aromatic rings. The van der Waals surface area contributed by atoms with Gasteiger partial charge in [-0.1, -0.05) is 139 Å². The third-order valence-electron chi connectivity index (χ3n) is 11.2. The average Bonchev–Trinajstić information content (AvgIpc) is 4.00. The van der Waals surface area contributed by atoms with Crippen molar-refractivity contribution in [3.63, 3.8) is 0 Å². The second-order valence-corrected chi connectivity index (χ2v) is 15.2. The molecule has 0 spiro atoms. The number of hydrogen-bond donors (Lipinski definition) is 1. The van der Waals surface area contributed by atoms with Gasteiger partial charge in [0.25, 0.3) is 0 Å². The maximum absolute atomic E-state index is 6.63. The fraction of sp³-hybridized carbons (Fsp3) is 0.0204. The van der Waals surface area contributed by atoms with Gasteiger partial charge in [-0.15, -0.1) is 0 Å². The zero-order valence-corrected chi connectivity index (χ0v) is 29.8. The van der Waals surface area contributed by atoms with Crippen LogP contribution in [-0.2, 0) is 0 Å². The van der Waals surface area contributed by atoms with Gasteiger partial charge in [-0.25, -0.2) is 0 Å². The fourth-order valence-electron chi connectivity index (χ4n) is 8.86. The molecule has 0 radical (unpaired) electrons. The minimum atomic E-state index is -0.0661. The summed E-state index contributed by atoms with van der Waals surface area (Å²) in [6, 6.07) is 63.3. The molecule has 1 N–H and O–H groups in total. The van der Waals surface area contributed by atoms with Gasteiger partial charge in [0.05, 0.1) is 27.8 Å². The number of anilines is 1. The first kappa shape index (κ1) is 29.8. The second-order valence-electron chi connectivity index (χ2n) is 14.1. The third-order valence-corrected chi connectivity index (χ3v) is 12.4. The van der Waals surface area contributed by atoms with Crippen molar-refractivity contribution in [2.75, 3.05) is 5.32 Å². The van der Waals surface area contributed by atoms with Gasteiger partial charge in [0.2, 0.25) is 0 Å². The summed E-state index contributed by atoms with van der Waals surface area (Å²) in [5, 5.41) is 11.3. The normalized spacial score (nSPS) is 14.2.